The molecular weight excluding hydrogens is 262 g/mol. The summed E-state index contributed by atoms with van der Waals surface area (Å²) in [6, 6.07) is 5.51. The first-order chi connectivity index (χ1) is 9.20. The zero-order valence-electron chi connectivity index (χ0n) is 10.2. The van der Waals surface area contributed by atoms with Gasteiger partial charge in [0.05, 0.1) is 5.69 Å². The molecule has 96 valence electrons. The van der Waals surface area contributed by atoms with E-state index in [1.807, 2.05) is 19.1 Å². The van der Waals surface area contributed by atoms with Crippen molar-refractivity contribution in [1.82, 2.24) is 9.59 Å². The molecule has 0 aliphatic carbocycles. The Morgan fingerprint density at radius 1 is 1.53 bits per heavy atom. The molecule has 0 atom stereocenters. The Labute approximate surface area is 114 Å². The van der Waals surface area contributed by atoms with E-state index in [-0.39, 0.29) is 18.2 Å². The highest BCUT2D eigenvalue weighted by molar-refractivity contribution is 7.03. The van der Waals surface area contributed by atoms with Gasteiger partial charge in [0.15, 0.2) is 5.69 Å². The summed E-state index contributed by atoms with van der Waals surface area (Å²) >= 11 is 1.12. The van der Waals surface area contributed by atoms with Crippen LogP contribution in [0.25, 0.3) is 0 Å². The monoisotopic (exact) mass is 273 g/mol. The smallest absolute Gasteiger partial charge is 0.277 e. The van der Waals surface area contributed by atoms with Crippen molar-refractivity contribution < 1.29 is 9.90 Å². The fourth-order valence-electron chi connectivity index (χ4n) is 1.46. The van der Waals surface area contributed by atoms with Crippen LogP contribution in [0.2, 0.25) is 0 Å². The Kier molecular flexibility index (Phi) is 4.23. The number of carbonyl (C=O) groups excluding carboxylic acids is 1. The van der Waals surface area contributed by atoms with Crippen molar-refractivity contribution in [3.8, 4) is 11.8 Å². The van der Waals surface area contributed by atoms with Crippen molar-refractivity contribution in [2.24, 2.45) is 0 Å². The van der Waals surface area contributed by atoms with E-state index in [0.29, 0.717) is 11.3 Å². The lowest BCUT2D eigenvalue weighted by Gasteiger charge is -2.07. The van der Waals surface area contributed by atoms with Crippen LogP contribution in [-0.2, 0) is 0 Å². The Morgan fingerprint density at radius 3 is 3.05 bits per heavy atom. The van der Waals surface area contributed by atoms with E-state index in [9.17, 15) is 4.79 Å². The van der Waals surface area contributed by atoms with Gasteiger partial charge in [-0.3, -0.25) is 4.79 Å². The Hall–Kier alpha value is -2.23. The molecule has 6 heteroatoms. The van der Waals surface area contributed by atoms with Gasteiger partial charge in [-0.25, -0.2) is 0 Å². The molecule has 1 amide bonds. The molecular formula is C13H11N3O2S. The quantitative estimate of drug-likeness (QED) is 0.812. The molecule has 1 aromatic carbocycles. The van der Waals surface area contributed by atoms with E-state index in [1.54, 1.807) is 11.4 Å². The third-order valence-electron chi connectivity index (χ3n) is 2.32. The molecule has 0 unspecified atom stereocenters. The van der Waals surface area contributed by atoms with Gasteiger partial charge in [0.1, 0.15) is 6.61 Å². The highest BCUT2D eigenvalue weighted by Crippen LogP contribution is 2.17. The van der Waals surface area contributed by atoms with Crippen LogP contribution in [0.5, 0.6) is 0 Å². The summed E-state index contributed by atoms with van der Waals surface area (Å²) in [5, 5.41) is 16.8. The summed E-state index contributed by atoms with van der Waals surface area (Å²) in [4.78, 5) is 11.9. The van der Waals surface area contributed by atoms with Gasteiger partial charge in [-0.2, -0.15) is 0 Å². The van der Waals surface area contributed by atoms with Gasteiger partial charge in [-0.15, -0.1) is 5.10 Å². The third-order valence-corrected chi connectivity index (χ3v) is 2.82. The largest absolute Gasteiger partial charge is 0.384 e. The van der Waals surface area contributed by atoms with Crippen molar-refractivity contribution >= 4 is 23.1 Å². The van der Waals surface area contributed by atoms with Crippen molar-refractivity contribution in [3.05, 3.63) is 40.4 Å². The molecule has 2 N–H and O–H groups in total. The number of nitrogens with zero attached hydrogens (tertiary/aromatic N) is 2. The van der Waals surface area contributed by atoms with Crippen LogP contribution in [0.4, 0.5) is 5.69 Å². The number of aliphatic hydroxyl groups is 1. The summed E-state index contributed by atoms with van der Waals surface area (Å²) in [5.41, 5.74) is 2.52. The first kappa shape index (κ1) is 13.2. The Balaban J connectivity index is 2.28. The predicted molar refractivity (Wildman–Crippen MR) is 73.0 cm³/mol. The molecule has 19 heavy (non-hydrogen) atoms. The molecule has 2 rings (SSSR count). The van der Waals surface area contributed by atoms with Crippen molar-refractivity contribution in [3.63, 3.8) is 0 Å². The van der Waals surface area contributed by atoms with Crippen molar-refractivity contribution in [1.29, 1.82) is 0 Å². The van der Waals surface area contributed by atoms with Crippen molar-refractivity contribution in [2.45, 2.75) is 6.92 Å². The van der Waals surface area contributed by atoms with Crippen LogP contribution < -0.4 is 5.32 Å². The lowest BCUT2D eigenvalue weighted by molar-refractivity contribution is 0.102. The van der Waals surface area contributed by atoms with Crippen LogP contribution >= 0.6 is 11.5 Å². The van der Waals surface area contributed by atoms with Crippen LogP contribution in [-0.4, -0.2) is 27.2 Å². The molecule has 0 aliphatic heterocycles. The minimum Gasteiger partial charge on any atom is -0.384 e. The van der Waals surface area contributed by atoms with Crippen LogP contribution in [0.15, 0.2) is 23.6 Å². The molecule has 0 spiro atoms. The van der Waals surface area contributed by atoms with Gasteiger partial charge in [0.25, 0.3) is 5.91 Å². The number of rotatable bonds is 2. The lowest BCUT2D eigenvalue weighted by atomic mass is 10.1. The number of amides is 1. The number of carbonyl (C=O) groups is 1. The van der Waals surface area contributed by atoms with Gasteiger partial charge in [0.2, 0.25) is 0 Å². The molecule has 5 nitrogen and oxygen atoms in total. The minimum atomic E-state index is -0.327. The molecule has 0 saturated carbocycles. The van der Waals surface area contributed by atoms with Gasteiger partial charge in [-0.1, -0.05) is 22.4 Å². The molecule has 0 radical (unpaired) electrons. The molecule has 0 fully saturated rings. The molecule has 0 aliphatic rings. The fourth-order valence-corrected chi connectivity index (χ4v) is 1.89. The first-order valence-corrected chi connectivity index (χ1v) is 6.33. The second-order valence-electron chi connectivity index (χ2n) is 3.75. The summed E-state index contributed by atoms with van der Waals surface area (Å²) in [6.45, 7) is 1.70. The first-order valence-electron chi connectivity index (χ1n) is 5.49. The normalized spacial score (nSPS) is 9.58. The molecule has 1 aromatic heterocycles. The van der Waals surface area contributed by atoms with Gasteiger partial charge in [-0.05, 0) is 36.2 Å². The second kappa shape index (κ2) is 6.09. The van der Waals surface area contributed by atoms with E-state index in [4.69, 9.17) is 5.11 Å². The maximum Gasteiger partial charge on any atom is 0.277 e. The van der Waals surface area contributed by atoms with E-state index in [0.717, 1.165) is 17.1 Å². The predicted octanol–water partition coefficient (Wildman–Crippen LogP) is 1.44. The number of aromatic nitrogens is 2. The number of aryl methyl sites for hydroxylation is 1. The Morgan fingerprint density at radius 2 is 2.37 bits per heavy atom. The van der Waals surface area contributed by atoms with E-state index >= 15 is 0 Å². The number of anilines is 1. The summed E-state index contributed by atoms with van der Waals surface area (Å²) < 4.78 is 3.64. The average molecular weight is 273 g/mol. The fraction of sp³-hybridized carbons (Fsp3) is 0.154. The summed E-state index contributed by atoms with van der Waals surface area (Å²) in [5.74, 6) is 5.03. The number of hydrogen-bond acceptors (Lipinski definition) is 5. The van der Waals surface area contributed by atoms with E-state index < -0.39 is 0 Å². The number of nitrogens with one attached hydrogen (secondary N) is 1. The maximum absolute atomic E-state index is 11.9. The second-order valence-corrected chi connectivity index (χ2v) is 4.36. The minimum absolute atomic E-state index is 0.225. The Bertz CT molecular complexity index is 642. The number of hydrogen-bond donors (Lipinski definition) is 2. The molecule has 0 bridgehead atoms. The third kappa shape index (κ3) is 3.37. The average Bonchev–Trinajstić information content (AvgIpc) is 2.92. The highest BCUT2D eigenvalue weighted by Gasteiger charge is 2.11. The van der Waals surface area contributed by atoms with E-state index in [1.165, 1.54) is 0 Å². The SMILES string of the molecule is Cc1ccc(C#CCO)c(NC(=O)c2csnn2)c1. The zero-order valence-corrected chi connectivity index (χ0v) is 11.0. The zero-order chi connectivity index (χ0) is 13.7. The maximum atomic E-state index is 11.9. The summed E-state index contributed by atoms with van der Waals surface area (Å²) in [6.07, 6.45) is 0. The van der Waals surface area contributed by atoms with Crippen LogP contribution in [0, 0.1) is 18.8 Å². The molecule has 0 saturated heterocycles. The van der Waals surface area contributed by atoms with Gasteiger partial charge >= 0.3 is 0 Å². The van der Waals surface area contributed by atoms with E-state index in [2.05, 4.69) is 26.7 Å². The van der Waals surface area contributed by atoms with Crippen LogP contribution in [0.3, 0.4) is 0 Å². The summed E-state index contributed by atoms with van der Waals surface area (Å²) in [7, 11) is 0. The van der Waals surface area contributed by atoms with Gasteiger partial charge < -0.3 is 10.4 Å². The van der Waals surface area contributed by atoms with Crippen molar-refractivity contribution in [2.75, 3.05) is 11.9 Å². The lowest BCUT2D eigenvalue weighted by Crippen LogP contribution is -2.13. The van der Waals surface area contributed by atoms with Gasteiger partial charge in [0, 0.05) is 10.9 Å². The highest BCUT2D eigenvalue weighted by atomic mass is 32.1. The molecule has 2 aromatic rings. The number of benzene rings is 1. The standard InChI is InChI=1S/C13H11N3O2S/c1-9-4-5-10(3-2-6-17)11(7-9)14-13(18)12-8-19-16-15-12/h4-5,7-8,17H,6H2,1H3,(H,14,18). The van der Waals surface area contributed by atoms with Crippen LogP contribution in [0.1, 0.15) is 21.6 Å². The molecule has 1 heterocycles. The number of aliphatic hydroxyl groups excluding tert-OH is 1. The topological polar surface area (TPSA) is 75.1 Å².